The van der Waals surface area contributed by atoms with E-state index in [1.54, 1.807) is 0 Å². The lowest BCUT2D eigenvalue weighted by atomic mass is 10.2. The van der Waals surface area contributed by atoms with Crippen molar-refractivity contribution in [2.24, 2.45) is 0 Å². The number of ether oxygens (including phenoxy) is 1. The highest BCUT2D eigenvalue weighted by Crippen LogP contribution is 2.25. The Balaban J connectivity index is 2.11. The van der Waals surface area contributed by atoms with Crippen LogP contribution in [-0.2, 0) is 9.59 Å². The first-order chi connectivity index (χ1) is 8.60. The number of hydrogen-bond acceptors (Lipinski definition) is 3. The number of carbonyl (C=O) groups is 2. The molecule has 1 aliphatic rings. The van der Waals surface area contributed by atoms with Gasteiger partial charge in [0.2, 0.25) is 11.8 Å². The van der Waals surface area contributed by atoms with E-state index >= 15 is 0 Å². The minimum atomic E-state index is -0.564. The molecule has 18 heavy (non-hydrogen) atoms. The Labute approximate surface area is 103 Å². The second kappa shape index (κ2) is 5.03. The molecule has 1 saturated heterocycles. The maximum atomic E-state index is 13.1. The minimum Gasteiger partial charge on any atom is -0.495 e. The molecular weight excluding hydrogens is 239 g/mol. The number of anilines is 1. The van der Waals surface area contributed by atoms with Gasteiger partial charge < -0.3 is 15.4 Å². The first-order valence-electron chi connectivity index (χ1n) is 5.54. The number of methoxy groups -OCH3 is 1. The second-order valence-corrected chi connectivity index (χ2v) is 3.99. The zero-order valence-electron chi connectivity index (χ0n) is 9.83. The second-order valence-electron chi connectivity index (χ2n) is 3.99. The number of benzene rings is 1. The van der Waals surface area contributed by atoms with Crippen LogP contribution in [0.15, 0.2) is 18.2 Å². The molecule has 1 atom stereocenters. The summed E-state index contributed by atoms with van der Waals surface area (Å²) in [7, 11) is 1.43. The molecule has 6 heteroatoms. The van der Waals surface area contributed by atoms with Crippen LogP contribution in [0.4, 0.5) is 10.1 Å². The summed E-state index contributed by atoms with van der Waals surface area (Å²) in [4.78, 5) is 22.8. The number of hydrogen-bond donors (Lipinski definition) is 2. The van der Waals surface area contributed by atoms with Gasteiger partial charge in [0.25, 0.3) is 0 Å². The van der Waals surface area contributed by atoms with Crippen molar-refractivity contribution in [1.29, 1.82) is 0 Å². The van der Waals surface area contributed by atoms with E-state index in [1.165, 1.54) is 25.3 Å². The molecule has 0 spiro atoms. The first-order valence-corrected chi connectivity index (χ1v) is 5.54. The van der Waals surface area contributed by atoms with Crippen LogP contribution in [0.1, 0.15) is 12.8 Å². The van der Waals surface area contributed by atoms with Crippen LogP contribution in [0.2, 0.25) is 0 Å². The van der Waals surface area contributed by atoms with Gasteiger partial charge in [-0.3, -0.25) is 9.59 Å². The van der Waals surface area contributed by atoms with Gasteiger partial charge in [0.1, 0.15) is 17.6 Å². The Morgan fingerprint density at radius 2 is 2.33 bits per heavy atom. The predicted octanol–water partition coefficient (Wildman–Crippen LogP) is 1.05. The fraction of sp³-hybridized carbons (Fsp3) is 0.333. The Hall–Kier alpha value is -2.11. The summed E-state index contributed by atoms with van der Waals surface area (Å²) in [6.07, 6.45) is 0.778. The van der Waals surface area contributed by atoms with Crippen molar-refractivity contribution in [1.82, 2.24) is 5.32 Å². The molecule has 0 aliphatic carbocycles. The molecule has 1 aliphatic heterocycles. The third-order valence-electron chi connectivity index (χ3n) is 2.73. The molecule has 0 saturated carbocycles. The highest BCUT2D eigenvalue weighted by molar-refractivity contribution is 5.99. The molecule has 0 aromatic heterocycles. The summed E-state index contributed by atoms with van der Waals surface area (Å²) >= 11 is 0. The summed E-state index contributed by atoms with van der Waals surface area (Å²) in [5, 5.41) is 5.09. The van der Waals surface area contributed by atoms with E-state index in [9.17, 15) is 14.0 Å². The fourth-order valence-corrected chi connectivity index (χ4v) is 1.81. The quantitative estimate of drug-likeness (QED) is 0.845. The average molecular weight is 252 g/mol. The van der Waals surface area contributed by atoms with Crippen molar-refractivity contribution in [3.8, 4) is 5.75 Å². The predicted molar refractivity (Wildman–Crippen MR) is 62.7 cm³/mol. The van der Waals surface area contributed by atoms with E-state index in [1.807, 2.05) is 0 Å². The fourth-order valence-electron chi connectivity index (χ4n) is 1.81. The molecule has 1 fully saturated rings. The highest BCUT2D eigenvalue weighted by Gasteiger charge is 2.27. The molecular formula is C12H13FN2O3. The lowest BCUT2D eigenvalue weighted by Crippen LogP contribution is -2.37. The van der Waals surface area contributed by atoms with Crippen LogP contribution < -0.4 is 15.4 Å². The van der Waals surface area contributed by atoms with Gasteiger partial charge in [-0.15, -0.1) is 0 Å². The van der Waals surface area contributed by atoms with E-state index in [2.05, 4.69) is 10.6 Å². The number of carbonyl (C=O) groups excluding carboxylic acids is 2. The summed E-state index contributed by atoms with van der Waals surface area (Å²) in [6, 6.07) is 3.28. The Bertz CT molecular complexity index is 490. The zero-order valence-corrected chi connectivity index (χ0v) is 9.83. The minimum absolute atomic E-state index is 0.152. The zero-order chi connectivity index (χ0) is 13.1. The van der Waals surface area contributed by atoms with Gasteiger partial charge in [0.15, 0.2) is 0 Å². The van der Waals surface area contributed by atoms with Gasteiger partial charge in [-0.05, 0) is 18.6 Å². The average Bonchev–Trinajstić information content (AvgIpc) is 2.76. The SMILES string of the molecule is COc1ccc(F)cc1NC(=O)C1CCC(=O)N1. The molecule has 1 unspecified atom stereocenters. The van der Waals surface area contributed by atoms with Gasteiger partial charge in [0.05, 0.1) is 12.8 Å². The van der Waals surface area contributed by atoms with Crippen LogP contribution >= 0.6 is 0 Å². The molecule has 2 rings (SSSR count). The third-order valence-corrected chi connectivity index (χ3v) is 2.73. The van der Waals surface area contributed by atoms with Crippen LogP contribution in [0, 0.1) is 5.82 Å². The van der Waals surface area contributed by atoms with Crippen LogP contribution in [0.3, 0.4) is 0 Å². The van der Waals surface area contributed by atoms with Gasteiger partial charge in [-0.1, -0.05) is 0 Å². The lowest BCUT2D eigenvalue weighted by molar-refractivity contribution is -0.122. The van der Waals surface area contributed by atoms with Crippen molar-refractivity contribution in [2.75, 3.05) is 12.4 Å². The molecule has 1 heterocycles. The highest BCUT2D eigenvalue weighted by atomic mass is 19.1. The van der Waals surface area contributed by atoms with E-state index in [0.717, 1.165) is 0 Å². The summed E-state index contributed by atoms with van der Waals surface area (Å²) in [5.41, 5.74) is 0.253. The largest absolute Gasteiger partial charge is 0.495 e. The van der Waals surface area contributed by atoms with Gasteiger partial charge in [-0.25, -0.2) is 4.39 Å². The van der Waals surface area contributed by atoms with E-state index in [-0.39, 0.29) is 17.5 Å². The van der Waals surface area contributed by atoms with E-state index < -0.39 is 11.9 Å². The summed E-state index contributed by atoms with van der Waals surface area (Å²) in [6.45, 7) is 0. The Morgan fingerprint density at radius 3 is 2.94 bits per heavy atom. The van der Waals surface area contributed by atoms with Gasteiger partial charge in [0, 0.05) is 12.5 Å². The molecule has 0 bridgehead atoms. The first kappa shape index (κ1) is 12.3. The van der Waals surface area contributed by atoms with Gasteiger partial charge >= 0.3 is 0 Å². The number of amides is 2. The van der Waals surface area contributed by atoms with Crippen molar-refractivity contribution in [3.05, 3.63) is 24.0 Å². The van der Waals surface area contributed by atoms with Crippen LogP contribution in [0.25, 0.3) is 0 Å². The number of halogens is 1. The van der Waals surface area contributed by atoms with Crippen molar-refractivity contribution in [2.45, 2.75) is 18.9 Å². The van der Waals surface area contributed by atoms with Gasteiger partial charge in [-0.2, -0.15) is 0 Å². The van der Waals surface area contributed by atoms with Crippen molar-refractivity contribution < 1.29 is 18.7 Å². The molecule has 0 radical (unpaired) electrons. The maximum absolute atomic E-state index is 13.1. The lowest BCUT2D eigenvalue weighted by Gasteiger charge is -2.13. The van der Waals surface area contributed by atoms with Crippen LogP contribution in [0.5, 0.6) is 5.75 Å². The van der Waals surface area contributed by atoms with Crippen molar-refractivity contribution in [3.63, 3.8) is 0 Å². The molecule has 2 amide bonds. The monoisotopic (exact) mass is 252 g/mol. The molecule has 96 valence electrons. The Morgan fingerprint density at radius 1 is 1.56 bits per heavy atom. The molecule has 1 aromatic rings. The topological polar surface area (TPSA) is 67.4 Å². The smallest absolute Gasteiger partial charge is 0.247 e. The molecule has 1 aromatic carbocycles. The third kappa shape index (κ3) is 2.58. The summed E-state index contributed by atoms with van der Waals surface area (Å²) < 4.78 is 18.1. The maximum Gasteiger partial charge on any atom is 0.247 e. The molecule has 5 nitrogen and oxygen atoms in total. The number of nitrogens with one attached hydrogen (secondary N) is 2. The Kier molecular flexibility index (Phi) is 3.45. The van der Waals surface area contributed by atoms with Crippen LogP contribution in [-0.4, -0.2) is 25.0 Å². The standard InChI is InChI=1S/C12H13FN2O3/c1-18-10-4-2-7(13)6-9(10)15-12(17)8-3-5-11(16)14-8/h2,4,6,8H,3,5H2,1H3,(H,14,16)(H,15,17). The number of rotatable bonds is 3. The van der Waals surface area contributed by atoms with E-state index in [0.29, 0.717) is 18.6 Å². The normalized spacial score (nSPS) is 18.3. The van der Waals surface area contributed by atoms with Crippen molar-refractivity contribution >= 4 is 17.5 Å². The molecule has 2 N–H and O–H groups in total. The summed E-state index contributed by atoms with van der Waals surface area (Å²) in [5.74, 6) is -0.623. The van der Waals surface area contributed by atoms with E-state index in [4.69, 9.17) is 4.74 Å².